The molecule has 4 aromatic carbocycles. The predicted molar refractivity (Wildman–Crippen MR) is 136 cm³/mol. The van der Waals surface area contributed by atoms with E-state index in [1.54, 1.807) is 0 Å². The van der Waals surface area contributed by atoms with E-state index in [9.17, 15) is 0 Å². The van der Waals surface area contributed by atoms with Gasteiger partial charge in [-0.25, -0.2) is 0 Å². The van der Waals surface area contributed by atoms with E-state index in [2.05, 4.69) is 111 Å². The van der Waals surface area contributed by atoms with Crippen molar-refractivity contribution in [3.63, 3.8) is 0 Å². The molecular weight excluding hydrogens is 372 g/mol. The van der Waals surface area contributed by atoms with Crippen molar-refractivity contribution in [3.8, 4) is 33.4 Å². The Hall–Kier alpha value is -3.90. The Morgan fingerprint density at radius 1 is 0.581 bits per heavy atom. The molecule has 0 aromatic heterocycles. The van der Waals surface area contributed by atoms with Gasteiger partial charge in [0.25, 0.3) is 0 Å². The van der Waals surface area contributed by atoms with Crippen LogP contribution in [-0.4, -0.2) is 0 Å². The van der Waals surface area contributed by atoms with Crippen molar-refractivity contribution < 1.29 is 0 Å². The van der Waals surface area contributed by atoms with E-state index < -0.39 is 0 Å². The van der Waals surface area contributed by atoms with Crippen LogP contribution in [-0.2, 0) is 0 Å². The van der Waals surface area contributed by atoms with Crippen LogP contribution in [0.1, 0.15) is 11.1 Å². The van der Waals surface area contributed by atoms with Crippen LogP contribution in [0.25, 0.3) is 39.0 Å². The van der Waals surface area contributed by atoms with E-state index in [4.69, 9.17) is 0 Å². The van der Waals surface area contributed by atoms with Gasteiger partial charge in [-0.2, -0.15) is 0 Å². The van der Waals surface area contributed by atoms with Crippen LogP contribution in [0.15, 0.2) is 128 Å². The number of rotatable bonds is 6. The minimum atomic E-state index is 1.06. The molecular formula is C31H26. The molecule has 0 heterocycles. The van der Waals surface area contributed by atoms with Crippen molar-refractivity contribution in [3.05, 3.63) is 140 Å². The SMILES string of the molecule is C=C/C=C(\C=C)c1cc(-c2ccccc2)cc(-c2cc(C)cc(-c3ccccc3)c2)c1. The fourth-order valence-corrected chi connectivity index (χ4v) is 3.91. The number of hydrogen-bond donors (Lipinski definition) is 0. The molecule has 150 valence electrons. The van der Waals surface area contributed by atoms with Crippen molar-refractivity contribution in [1.29, 1.82) is 0 Å². The van der Waals surface area contributed by atoms with E-state index in [1.165, 1.54) is 38.9 Å². The molecule has 0 bridgehead atoms. The summed E-state index contributed by atoms with van der Waals surface area (Å²) in [5, 5.41) is 0. The molecule has 0 saturated heterocycles. The van der Waals surface area contributed by atoms with Crippen molar-refractivity contribution in [2.45, 2.75) is 6.92 Å². The fourth-order valence-electron chi connectivity index (χ4n) is 3.91. The molecule has 0 amide bonds. The summed E-state index contributed by atoms with van der Waals surface area (Å²) < 4.78 is 0. The Bertz CT molecular complexity index is 1240. The van der Waals surface area contributed by atoms with Gasteiger partial charge in [0, 0.05) is 0 Å². The Kier molecular flexibility index (Phi) is 6.10. The van der Waals surface area contributed by atoms with Crippen LogP contribution in [0, 0.1) is 6.92 Å². The zero-order chi connectivity index (χ0) is 21.6. The van der Waals surface area contributed by atoms with Gasteiger partial charge in [0.15, 0.2) is 0 Å². The smallest absolute Gasteiger partial charge is 0.0171 e. The first-order valence-corrected chi connectivity index (χ1v) is 10.5. The topological polar surface area (TPSA) is 0 Å². The molecule has 0 aliphatic heterocycles. The molecule has 0 atom stereocenters. The quantitative estimate of drug-likeness (QED) is 0.285. The van der Waals surface area contributed by atoms with Crippen molar-refractivity contribution >= 4 is 5.57 Å². The van der Waals surface area contributed by atoms with E-state index >= 15 is 0 Å². The second kappa shape index (κ2) is 9.28. The summed E-state index contributed by atoms with van der Waals surface area (Å²) in [7, 11) is 0. The van der Waals surface area contributed by atoms with Gasteiger partial charge in [-0.1, -0.05) is 104 Å². The highest BCUT2D eigenvalue weighted by Crippen LogP contribution is 2.34. The van der Waals surface area contributed by atoms with Crippen LogP contribution in [0.2, 0.25) is 0 Å². The molecule has 0 spiro atoms. The van der Waals surface area contributed by atoms with Crippen LogP contribution in [0.4, 0.5) is 0 Å². The number of allylic oxidation sites excluding steroid dienone is 4. The first-order valence-electron chi connectivity index (χ1n) is 10.5. The molecule has 4 rings (SSSR count). The molecule has 0 heteroatoms. The normalized spacial score (nSPS) is 11.2. The average Bonchev–Trinajstić information content (AvgIpc) is 2.83. The van der Waals surface area contributed by atoms with Crippen LogP contribution in [0.5, 0.6) is 0 Å². The summed E-state index contributed by atoms with van der Waals surface area (Å²) in [6.07, 6.45) is 5.71. The zero-order valence-corrected chi connectivity index (χ0v) is 17.9. The highest BCUT2D eigenvalue weighted by atomic mass is 14.1. The number of benzene rings is 4. The molecule has 0 fully saturated rings. The molecule has 0 radical (unpaired) electrons. The molecule has 0 N–H and O–H groups in total. The van der Waals surface area contributed by atoms with Gasteiger partial charge in [0.1, 0.15) is 0 Å². The van der Waals surface area contributed by atoms with Gasteiger partial charge in [-0.05, 0) is 81.3 Å². The first kappa shape index (κ1) is 20.4. The standard InChI is InChI=1S/C31H26/c1-4-12-24(5-2)29-20-30(26-15-10-7-11-16-26)22-31(21-29)28-18-23(3)17-27(19-28)25-13-8-6-9-14-25/h4-22H,1-2H2,3H3/b24-12+. The second-order valence-corrected chi connectivity index (χ2v) is 7.68. The number of hydrogen-bond acceptors (Lipinski definition) is 0. The lowest BCUT2D eigenvalue weighted by atomic mass is 9.91. The lowest BCUT2D eigenvalue weighted by Crippen LogP contribution is -1.89. The average molecular weight is 399 g/mol. The molecule has 0 unspecified atom stereocenters. The monoisotopic (exact) mass is 398 g/mol. The summed E-state index contributed by atoms with van der Waals surface area (Å²) in [5.74, 6) is 0. The van der Waals surface area contributed by atoms with E-state index in [0.29, 0.717) is 0 Å². The first-order chi connectivity index (χ1) is 15.2. The Labute approximate surface area is 185 Å². The third kappa shape index (κ3) is 4.65. The maximum Gasteiger partial charge on any atom is -0.0171 e. The van der Waals surface area contributed by atoms with Crippen molar-refractivity contribution in [2.75, 3.05) is 0 Å². The third-order valence-corrected chi connectivity index (χ3v) is 5.41. The van der Waals surface area contributed by atoms with Crippen LogP contribution in [0.3, 0.4) is 0 Å². The van der Waals surface area contributed by atoms with Crippen LogP contribution < -0.4 is 0 Å². The number of aryl methyl sites for hydroxylation is 1. The lowest BCUT2D eigenvalue weighted by molar-refractivity contribution is 1.45. The van der Waals surface area contributed by atoms with Gasteiger partial charge < -0.3 is 0 Å². The summed E-state index contributed by atoms with van der Waals surface area (Å²) >= 11 is 0. The minimum absolute atomic E-state index is 1.06. The van der Waals surface area contributed by atoms with E-state index in [-0.39, 0.29) is 0 Å². The molecule has 0 saturated carbocycles. The summed E-state index contributed by atoms with van der Waals surface area (Å²) in [4.78, 5) is 0. The second-order valence-electron chi connectivity index (χ2n) is 7.68. The molecule has 4 aromatic rings. The fraction of sp³-hybridized carbons (Fsp3) is 0.0323. The molecule has 0 aliphatic carbocycles. The Balaban J connectivity index is 1.92. The predicted octanol–water partition coefficient (Wildman–Crippen LogP) is 8.75. The maximum atomic E-state index is 4.01. The Morgan fingerprint density at radius 3 is 1.52 bits per heavy atom. The van der Waals surface area contributed by atoms with Crippen molar-refractivity contribution in [1.82, 2.24) is 0 Å². The molecule has 0 aliphatic rings. The van der Waals surface area contributed by atoms with E-state index in [0.717, 1.165) is 11.1 Å². The highest BCUT2D eigenvalue weighted by Gasteiger charge is 2.09. The lowest BCUT2D eigenvalue weighted by Gasteiger charge is -2.13. The summed E-state index contributed by atoms with van der Waals surface area (Å²) in [5.41, 5.74) is 10.7. The molecule has 0 nitrogen and oxygen atoms in total. The largest absolute Gasteiger partial charge is 0.0990 e. The van der Waals surface area contributed by atoms with Crippen LogP contribution >= 0.6 is 0 Å². The van der Waals surface area contributed by atoms with Gasteiger partial charge >= 0.3 is 0 Å². The summed E-state index contributed by atoms with van der Waals surface area (Å²) in [6.45, 7) is 10.0. The Morgan fingerprint density at radius 2 is 1.03 bits per heavy atom. The van der Waals surface area contributed by atoms with Gasteiger partial charge in [0.05, 0.1) is 0 Å². The van der Waals surface area contributed by atoms with Crippen molar-refractivity contribution in [2.24, 2.45) is 0 Å². The molecule has 31 heavy (non-hydrogen) atoms. The van der Waals surface area contributed by atoms with E-state index in [1.807, 2.05) is 24.3 Å². The van der Waals surface area contributed by atoms with Gasteiger partial charge in [0.2, 0.25) is 0 Å². The highest BCUT2D eigenvalue weighted by molar-refractivity contribution is 5.84. The van der Waals surface area contributed by atoms with Gasteiger partial charge in [-0.15, -0.1) is 0 Å². The maximum absolute atomic E-state index is 4.01. The zero-order valence-electron chi connectivity index (χ0n) is 17.9. The summed E-state index contributed by atoms with van der Waals surface area (Å²) in [6, 6.07) is 34.6. The van der Waals surface area contributed by atoms with Gasteiger partial charge in [-0.3, -0.25) is 0 Å². The minimum Gasteiger partial charge on any atom is -0.0990 e. The third-order valence-electron chi connectivity index (χ3n) is 5.41.